The molecule has 1 heterocycles. The van der Waals surface area contributed by atoms with Crippen molar-refractivity contribution >= 4 is 34.2 Å². The summed E-state index contributed by atoms with van der Waals surface area (Å²) in [6, 6.07) is 11.3. The van der Waals surface area contributed by atoms with E-state index in [4.69, 9.17) is 13.9 Å². The first kappa shape index (κ1) is 19.5. The molecule has 1 amide bonds. The van der Waals surface area contributed by atoms with Gasteiger partial charge in [0.05, 0.1) is 12.0 Å². The number of non-ortho nitro benzene ring substituents is 1. The summed E-state index contributed by atoms with van der Waals surface area (Å²) < 4.78 is 15.1. The van der Waals surface area contributed by atoms with Crippen molar-refractivity contribution in [1.82, 2.24) is 0 Å². The normalized spacial score (nSPS) is 10.4. The fourth-order valence-electron chi connectivity index (χ4n) is 2.49. The number of rotatable bonds is 6. The van der Waals surface area contributed by atoms with Crippen LogP contribution in [0.25, 0.3) is 11.0 Å². The third kappa shape index (κ3) is 4.38. The van der Waals surface area contributed by atoms with E-state index in [2.05, 4.69) is 5.32 Å². The van der Waals surface area contributed by atoms with Crippen LogP contribution in [0.15, 0.2) is 57.7 Å². The number of nitro benzene ring substituents is 1. The zero-order valence-corrected chi connectivity index (χ0v) is 15.0. The van der Waals surface area contributed by atoms with E-state index in [1.807, 2.05) is 0 Å². The molecule has 0 bridgehead atoms. The number of nitro groups is 1. The Bertz CT molecular complexity index is 1150. The molecule has 0 saturated carbocycles. The lowest BCUT2D eigenvalue weighted by Crippen LogP contribution is -2.23. The molecule has 148 valence electrons. The number of hydrogen-bond donors (Lipinski definition) is 1. The lowest BCUT2D eigenvalue weighted by Gasteiger charge is -2.07. The summed E-state index contributed by atoms with van der Waals surface area (Å²) in [6.07, 6.45) is 0. The van der Waals surface area contributed by atoms with Crippen molar-refractivity contribution in [3.05, 3.63) is 74.6 Å². The molecule has 10 nitrogen and oxygen atoms in total. The number of ether oxygens (including phenoxy) is 2. The van der Waals surface area contributed by atoms with Gasteiger partial charge in [-0.25, -0.2) is 9.59 Å². The Kier molecular flexibility index (Phi) is 5.54. The van der Waals surface area contributed by atoms with Crippen LogP contribution in [0, 0.1) is 10.1 Å². The van der Waals surface area contributed by atoms with E-state index in [1.54, 1.807) is 18.2 Å². The smallest absolute Gasteiger partial charge is 0.351 e. The van der Waals surface area contributed by atoms with Gasteiger partial charge >= 0.3 is 11.6 Å². The molecule has 1 aromatic heterocycles. The van der Waals surface area contributed by atoms with Crippen LogP contribution in [-0.2, 0) is 9.53 Å². The highest BCUT2D eigenvalue weighted by molar-refractivity contribution is 5.97. The summed E-state index contributed by atoms with van der Waals surface area (Å²) in [5.41, 5.74) is -0.952. The molecule has 10 heteroatoms. The molecule has 1 N–H and O–H groups in total. The highest BCUT2D eigenvalue weighted by atomic mass is 16.6. The fraction of sp³-hybridized carbons (Fsp3) is 0.105. The van der Waals surface area contributed by atoms with Crippen LogP contribution in [-0.4, -0.2) is 30.5 Å². The van der Waals surface area contributed by atoms with Crippen molar-refractivity contribution in [3.8, 4) is 5.75 Å². The molecular weight excluding hydrogens is 384 g/mol. The Balaban J connectivity index is 1.67. The minimum atomic E-state index is -1.03. The molecule has 0 aliphatic heterocycles. The Labute approximate surface area is 162 Å². The molecule has 0 radical (unpaired) electrons. The second-order valence-electron chi connectivity index (χ2n) is 5.75. The number of benzene rings is 2. The second kappa shape index (κ2) is 8.21. The van der Waals surface area contributed by atoms with Gasteiger partial charge in [-0.15, -0.1) is 0 Å². The third-order valence-electron chi connectivity index (χ3n) is 3.86. The van der Waals surface area contributed by atoms with Crippen LogP contribution in [0.3, 0.4) is 0 Å². The number of hydrogen-bond acceptors (Lipinski definition) is 8. The van der Waals surface area contributed by atoms with Crippen LogP contribution in [0.2, 0.25) is 0 Å². The van der Waals surface area contributed by atoms with Crippen LogP contribution in [0.4, 0.5) is 11.4 Å². The van der Waals surface area contributed by atoms with Gasteiger partial charge in [0.25, 0.3) is 11.6 Å². The van der Waals surface area contributed by atoms with Gasteiger partial charge in [0.15, 0.2) is 17.9 Å². The van der Waals surface area contributed by atoms with E-state index >= 15 is 0 Å². The van der Waals surface area contributed by atoms with E-state index in [0.717, 1.165) is 0 Å². The van der Waals surface area contributed by atoms with Crippen LogP contribution >= 0.6 is 0 Å². The zero-order valence-electron chi connectivity index (χ0n) is 15.0. The SMILES string of the molecule is COc1cccc2cc(C(=O)OCC(=O)Nc3ccc([N+](=O)[O-])cc3)c(=O)oc12. The molecule has 3 aromatic rings. The molecule has 29 heavy (non-hydrogen) atoms. The lowest BCUT2D eigenvalue weighted by molar-refractivity contribution is -0.384. The van der Waals surface area contributed by atoms with Gasteiger partial charge in [-0.05, 0) is 24.3 Å². The molecule has 0 aliphatic carbocycles. The quantitative estimate of drug-likeness (QED) is 0.289. The molecule has 3 rings (SSSR count). The van der Waals surface area contributed by atoms with Crippen molar-refractivity contribution in [2.45, 2.75) is 0 Å². The van der Waals surface area contributed by atoms with Gasteiger partial charge in [-0.1, -0.05) is 12.1 Å². The second-order valence-corrected chi connectivity index (χ2v) is 5.75. The molecule has 2 aromatic carbocycles. The average molecular weight is 398 g/mol. The van der Waals surface area contributed by atoms with Crippen molar-refractivity contribution in [2.24, 2.45) is 0 Å². The molecule has 0 spiro atoms. The van der Waals surface area contributed by atoms with Gasteiger partial charge in [0.2, 0.25) is 0 Å². The van der Waals surface area contributed by atoms with Gasteiger partial charge in [0.1, 0.15) is 5.56 Å². The van der Waals surface area contributed by atoms with E-state index in [0.29, 0.717) is 11.1 Å². The van der Waals surface area contributed by atoms with Gasteiger partial charge in [-0.2, -0.15) is 0 Å². The van der Waals surface area contributed by atoms with Crippen molar-refractivity contribution < 1.29 is 28.4 Å². The predicted octanol–water partition coefficient (Wildman–Crippen LogP) is 2.51. The van der Waals surface area contributed by atoms with Crippen LogP contribution in [0.1, 0.15) is 10.4 Å². The minimum absolute atomic E-state index is 0.130. The zero-order chi connectivity index (χ0) is 21.0. The number of esters is 1. The molecule has 0 atom stereocenters. The summed E-state index contributed by atoms with van der Waals surface area (Å²) in [6.45, 7) is -0.661. The average Bonchev–Trinajstić information content (AvgIpc) is 2.71. The number of para-hydroxylation sites is 1. The predicted molar refractivity (Wildman–Crippen MR) is 101 cm³/mol. The van der Waals surface area contributed by atoms with Gasteiger partial charge in [0, 0.05) is 23.2 Å². The van der Waals surface area contributed by atoms with Crippen LogP contribution < -0.4 is 15.7 Å². The number of nitrogens with one attached hydrogen (secondary N) is 1. The number of carbonyl (C=O) groups excluding carboxylic acids is 2. The van der Waals surface area contributed by atoms with Crippen molar-refractivity contribution in [3.63, 3.8) is 0 Å². The number of nitrogens with zero attached hydrogens (tertiary/aromatic N) is 1. The Morgan fingerprint density at radius 2 is 1.90 bits per heavy atom. The molecule has 0 aliphatic rings. The maximum absolute atomic E-state index is 12.2. The fourth-order valence-corrected chi connectivity index (χ4v) is 2.49. The minimum Gasteiger partial charge on any atom is -0.493 e. The molecule has 0 unspecified atom stereocenters. The monoisotopic (exact) mass is 398 g/mol. The maximum Gasteiger partial charge on any atom is 0.351 e. The van der Waals surface area contributed by atoms with E-state index in [1.165, 1.54) is 37.4 Å². The first-order valence-electron chi connectivity index (χ1n) is 8.21. The summed E-state index contributed by atoms with van der Waals surface area (Å²) in [5.74, 6) is -1.37. The third-order valence-corrected chi connectivity index (χ3v) is 3.86. The van der Waals surface area contributed by atoms with E-state index in [-0.39, 0.29) is 22.5 Å². The first-order chi connectivity index (χ1) is 13.9. The molecule has 0 fully saturated rings. The first-order valence-corrected chi connectivity index (χ1v) is 8.21. The largest absolute Gasteiger partial charge is 0.493 e. The van der Waals surface area contributed by atoms with E-state index in [9.17, 15) is 24.5 Å². The highest BCUT2D eigenvalue weighted by Gasteiger charge is 2.18. The van der Waals surface area contributed by atoms with E-state index < -0.39 is 29.0 Å². The van der Waals surface area contributed by atoms with Crippen molar-refractivity contribution in [2.75, 3.05) is 19.0 Å². The number of amides is 1. The summed E-state index contributed by atoms with van der Waals surface area (Å²) >= 11 is 0. The molecular formula is C19H14N2O8. The Morgan fingerprint density at radius 3 is 2.55 bits per heavy atom. The van der Waals surface area contributed by atoms with Gasteiger partial charge < -0.3 is 19.2 Å². The van der Waals surface area contributed by atoms with Gasteiger partial charge in [-0.3, -0.25) is 14.9 Å². The number of fused-ring (bicyclic) bond motifs is 1. The Hall–Kier alpha value is -4.21. The topological polar surface area (TPSA) is 138 Å². The van der Waals surface area contributed by atoms with Crippen LogP contribution in [0.5, 0.6) is 5.75 Å². The van der Waals surface area contributed by atoms with Crippen molar-refractivity contribution in [1.29, 1.82) is 0 Å². The number of methoxy groups -OCH3 is 1. The Morgan fingerprint density at radius 1 is 1.17 bits per heavy atom. The standard InChI is InChI=1S/C19H14N2O8/c1-27-15-4-2-3-11-9-14(19(24)29-17(11)15)18(23)28-10-16(22)20-12-5-7-13(8-6-12)21(25)26/h2-9H,10H2,1H3,(H,20,22). The number of carbonyl (C=O) groups is 2. The highest BCUT2D eigenvalue weighted by Crippen LogP contribution is 2.24. The number of anilines is 1. The lowest BCUT2D eigenvalue weighted by atomic mass is 10.2. The maximum atomic E-state index is 12.2. The summed E-state index contributed by atoms with van der Waals surface area (Å²) in [4.78, 5) is 46.2. The summed E-state index contributed by atoms with van der Waals surface area (Å²) in [7, 11) is 1.42. The molecule has 0 saturated heterocycles. The summed E-state index contributed by atoms with van der Waals surface area (Å²) in [5, 5.41) is 13.5.